The van der Waals surface area contributed by atoms with Gasteiger partial charge in [0.15, 0.2) is 0 Å². The van der Waals surface area contributed by atoms with Gasteiger partial charge in [-0.25, -0.2) is 25.0 Å². The summed E-state index contributed by atoms with van der Waals surface area (Å²) < 4.78 is 0. The van der Waals surface area contributed by atoms with Crippen LogP contribution in [0.1, 0.15) is 173 Å². The zero-order valence-corrected chi connectivity index (χ0v) is 86.3. The average molecular weight is 1860 g/mol. The highest BCUT2D eigenvalue weighted by atomic mass is 15.5. The highest BCUT2D eigenvalue weighted by molar-refractivity contribution is 6.01. The topological polar surface area (TPSA) is 87.7 Å². The molecular weight excluding hydrogens is 1720 g/mol. The fraction of sp³-hybridized carbons (Fsp3) is 0.227. The second-order valence-electron chi connectivity index (χ2n) is 35.1. The molecule has 0 unspecified atom stereocenters. The first-order valence-electron chi connectivity index (χ1n) is 50.4. The van der Waals surface area contributed by atoms with Crippen LogP contribution in [0.2, 0.25) is 0 Å². The molecule has 16 rings (SSSR count). The Morgan fingerprint density at radius 2 is 0.440 bits per heavy atom. The maximum Gasteiger partial charge on any atom is 0.0731 e. The summed E-state index contributed by atoms with van der Waals surface area (Å²) in [5.74, 6) is 0. The van der Waals surface area contributed by atoms with Crippen LogP contribution in [0.15, 0.2) is 414 Å². The van der Waals surface area contributed by atoms with E-state index in [1.165, 1.54) is 83.5 Å². The molecule has 0 aliphatic heterocycles. The van der Waals surface area contributed by atoms with Gasteiger partial charge in [0.2, 0.25) is 0 Å². The second-order valence-corrected chi connectivity index (χ2v) is 35.1. The Morgan fingerprint density at radius 3 is 0.730 bits per heavy atom. The van der Waals surface area contributed by atoms with Gasteiger partial charge in [0.25, 0.3) is 0 Å². The minimum absolute atomic E-state index is 0.987. The molecule has 0 bridgehead atoms. The van der Waals surface area contributed by atoms with Crippen LogP contribution in [-0.2, 0) is 32.1 Å². The standard InChI is InChI=1S/C30H33N3.C27H33N3.C26H31N3.C23H24N2.C22H22N2/c1-5-25-16-21-30(29-11-9-8-10-28(25)29)33(27-17-12-23(4)13-18-27)31-22-24-14-19-26(20-15-24)32(6-2)7-3;1-6-23-11-17-27(18-12-23)30(26-15-9-21(4)10-16-26)28-22(5)24-13-19-25(20-14-24)29(7-2)8-3;1-5-22-10-18-26(19-11-22)29(25-14-8-21(4)9-15-25)27-20-23-12-16-24(17-13-23)28(6-2)7-3;1-4-20-12-16-23(17-13-20)25(22-14-10-18(2)11-15-22)24-19(3)21-8-6-5-7-9-21;1-3-19-11-15-22(16-12-19)24(21-13-9-18(2)10-14-21)23-17-20-7-5-4-6-8-20/h8-22H,5-7H2,1-4H3;9-20H,6-8H2,1-5H3;8-20H,5-7H2,1-4H3;5-17H,4H2,1-3H3;4-17H,3H2,1-2H3/b31-22+;28-22+;27-20+;24-19+;23-17+. The summed E-state index contributed by atoms with van der Waals surface area (Å²) >= 11 is 0. The van der Waals surface area contributed by atoms with Crippen molar-refractivity contribution in [3.63, 3.8) is 0 Å². The molecule has 0 atom stereocenters. The van der Waals surface area contributed by atoms with Gasteiger partial charge >= 0.3 is 0 Å². The van der Waals surface area contributed by atoms with Crippen LogP contribution in [0.4, 0.5) is 73.9 Å². The van der Waals surface area contributed by atoms with Crippen LogP contribution in [0, 0.1) is 34.6 Å². The summed E-state index contributed by atoms with van der Waals surface area (Å²) in [6.07, 6.45) is 10.9. The number of hydrogen-bond donors (Lipinski definition) is 0. The van der Waals surface area contributed by atoms with Crippen molar-refractivity contribution in [3.8, 4) is 0 Å². The molecule has 0 fully saturated rings. The Morgan fingerprint density at radius 1 is 0.206 bits per heavy atom. The van der Waals surface area contributed by atoms with Gasteiger partial charge in [-0.2, -0.15) is 25.5 Å². The molecule has 0 radical (unpaired) electrons. The van der Waals surface area contributed by atoms with Crippen LogP contribution in [0.5, 0.6) is 0 Å². The molecule has 0 aliphatic rings. The third-order valence-electron chi connectivity index (χ3n) is 25.3. The first-order chi connectivity index (χ1) is 68.8. The Labute approximate surface area is 842 Å². The lowest BCUT2D eigenvalue weighted by Crippen LogP contribution is -2.21. The highest BCUT2D eigenvalue weighted by Crippen LogP contribution is 2.38. The first kappa shape index (κ1) is 104. The Balaban J connectivity index is 0.000000158. The van der Waals surface area contributed by atoms with Gasteiger partial charge in [-0.05, 0) is 335 Å². The molecule has 141 heavy (non-hydrogen) atoms. The smallest absolute Gasteiger partial charge is 0.0731 e. The molecule has 0 aliphatic carbocycles. The summed E-state index contributed by atoms with van der Waals surface area (Å²) in [4.78, 5) is 7.04. The lowest BCUT2D eigenvalue weighted by Gasteiger charge is -2.22. The van der Waals surface area contributed by atoms with Crippen molar-refractivity contribution in [2.75, 3.05) is 79.0 Å². The van der Waals surface area contributed by atoms with Gasteiger partial charge in [0, 0.05) is 61.7 Å². The number of aryl methyl sites for hydroxylation is 10. The summed E-state index contributed by atoms with van der Waals surface area (Å²) in [7, 11) is 0. The lowest BCUT2D eigenvalue weighted by molar-refractivity contribution is 0.866. The van der Waals surface area contributed by atoms with Crippen molar-refractivity contribution in [2.45, 2.75) is 157 Å². The van der Waals surface area contributed by atoms with Gasteiger partial charge in [-0.3, -0.25) is 0 Å². The van der Waals surface area contributed by atoms with E-state index in [2.05, 4.69) is 496 Å². The minimum atomic E-state index is 0.987. The van der Waals surface area contributed by atoms with Crippen molar-refractivity contribution in [1.82, 2.24) is 0 Å². The van der Waals surface area contributed by atoms with Crippen LogP contribution < -0.4 is 39.7 Å². The molecule has 0 amide bonds. The monoisotopic (exact) mass is 1860 g/mol. The van der Waals surface area contributed by atoms with Crippen LogP contribution in [0.3, 0.4) is 0 Å². The van der Waals surface area contributed by atoms with E-state index in [9.17, 15) is 0 Å². The van der Waals surface area contributed by atoms with E-state index in [1.807, 2.05) is 75.1 Å². The van der Waals surface area contributed by atoms with E-state index >= 15 is 0 Å². The van der Waals surface area contributed by atoms with E-state index in [1.54, 1.807) is 0 Å². The number of nitrogens with zero attached hydrogens (tertiary/aromatic N) is 13. The largest absolute Gasteiger partial charge is 0.372 e. The van der Waals surface area contributed by atoms with Gasteiger partial charge in [0.05, 0.1) is 86.9 Å². The molecule has 16 aromatic rings. The normalized spacial score (nSPS) is 11.2. The SMILES string of the molecule is CCc1ccc(N(/N=C(\C)c2ccc(N(CC)CC)cc2)c2ccc(C)cc2)cc1.CCc1ccc(N(/N=C(\C)c2ccccc2)c2ccc(C)cc2)cc1.CCc1ccc(N(/N=C/c2ccc(N(CC)CC)cc2)c2ccc(C)cc2)c2ccccc12.CCc1ccc(N(/N=C/c2ccc(N(CC)CC)cc2)c2ccc(C)cc2)cc1.CCc1ccc(N(/N=C/c2ccccc2)c2ccc(C)cc2)cc1. The fourth-order valence-corrected chi connectivity index (χ4v) is 16.4. The molecule has 0 saturated carbocycles. The molecule has 16 aromatic carbocycles. The second kappa shape index (κ2) is 54.0. The molecule has 0 aromatic heterocycles. The van der Waals surface area contributed by atoms with Crippen LogP contribution in [-0.4, -0.2) is 69.3 Å². The van der Waals surface area contributed by atoms with E-state index in [0.29, 0.717) is 0 Å². The van der Waals surface area contributed by atoms with Crippen molar-refractivity contribution in [3.05, 3.63) is 472 Å². The average Bonchev–Trinajstić information content (AvgIpc) is 0.777. The zero-order valence-electron chi connectivity index (χ0n) is 86.3. The third-order valence-corrected chi connectivity index (χ3v) is 25.3. The Hall–Kier alpha value is -15.5. The number of benzene rings is 16. The molecule has 0 N–H and O–H groups in total. The molecule has 0 saturated heterocycles. The number of rotatable bonds is 34. The number of hydrazone groups is 5. The molecule has 13 heteroatoms. The van der Waals surface area contributed by atoms with Crippen LogP contribution >= 0.6 is 0 Å². The molecular formula is C128H143N13. The predicted molar refractivity (Wildman–Crippen MR) is 613 cm³/mol. The number of anilines is 13. The first-order valence-corrected chi connectivity index (χ1v) is 50.4. The van der Waals surface area contributed by atoms with Gasteiger partial charge in [-0.1, -0.05) is 299 Å². The van der Waals surface area contributed by atoms with Gasteiger partial charge < -0.3 is 14.7 Å². The van der Waals surface area contributed by atoms with E-state index in [0.717, 1.165) is 167 Å². The van der Waals surface area contributed by atoms with Crippen molar-refractivity contribution in [1.29, 1.82) is 0 Å². The Kier molecular flexibility index (Phi) is 40.0. The highest BCUT2D eigenvalue weighted by Gasteiger charge is 2.19. The van der Waals surface area contributed by atoms with Crippen molar-refractivity contribution < 1.29 is 0 Å². The summed E-state index contributed by atoms with van der Waals surface area (Å²) in [6, 6.07) is 136. The predicted octanol–water partition coefficient (Wildman–Crippen LogP) is 33.1. The third kappa shape index (κ3) is 30.0. The molecule has 0 heterocycles. The fourth-order valence-electron chi connectivity index (χ4n) is 16.4. The maximum absolute atomic E-state index is 5.02. The summed E-state index contributed by atoms with van der Waals surface area (Å²) in [6.45, 7) is 44.7. The molecule has 720 valence electrons. The minimum Gasteiger partial charge on any atom is -0.372 e. The summed E-state index contributed by atoms with van der Waals surface area (Å²) in [5, 5.41) is 37.1. The zero-order chi connectivity index (χ0) is 99.8. The summed E-state index contributed by atoms with van der Waals surface area (Å²) in [5.41, 5.74) is 34.7. The van der Waals surface area contributed by atoms with E-state index < -0.39 is 0 Å². The van der Waals surface area contributed by atoms with E-state index in [4.69, 9.17) is 25.5 Å². The number of fused-ring (bicyclic) bond motifs is 1. The lowest BCUT2D eigenvalue weighted by atomic mass is 10.0. The van der Waals surface area contributed by atoms with Crippen molar-refractivity contribution >= 4 is 115 Å². The van der Waals surface area contributed by atoms with Gasteiger partial charge in [-0.15, -0.1) is 0 Å². The van der Waals surface area contributed by atoms with Crippen molar-refractivity contribution in [2.24, 2.45) is 25.5 Å². The molecule has 0 spiro atoms. The Bertz CT molecular complexity index is 6570. The van der Waals surface area contributed by atoms with E-state index in [-0.39, 0.29) is 0 Å². The van der Waals surface area contributed by atoms with Crippen LogP contribution in [0.25, 0.3) is 10.8 Å². The van der Waals surface area contributed by atoms with Gasteiger partial charge in [0.1, 0.15) is 0 Å². The molecule has 13 nitrogen and oxygen atoms in total. The number of hydrogen-bond acceptors (Lipinski definition) is 13. The quantitative estimate of drug-likeness (QED) is 0.0291. The maximum atomic E-state index is 5.02.